The minimum absolute atomic E-state index is 0.194. The quantitative estimate of drug-likeness (QED) is 0.938. The summed E-state index contributed by atoms with van der Waals surface area (Å²) in [6.07, 6.45) is 0.934. The van der Waals surface area contributed by atoms with Crippen molar-refractivity contribution in [1.82, 2.24) is 10.3 Å². The van der Waals surface area contributed by atoms with Crippen molar-refractivity contribution < 1.29 is 4.39 Å². The molecule has 0 amide bonds. The number of benzene rings is 1. The van der Waals surface area contributed by atoms with Crippen LogP contribution < -0.4 is 10.2 Å². The van der Waals surface area contributed by atoms with E-state index in [4.69, 9.17) is 4.98 Å². The number of nitrogens with zero attached hydrogens (tertiary/aromatic N) is 2. The molecule has 0 radical (unpaired) electrons. The molecule has 2 aromatic rings. The zero-order valence-electron chi connectivity index (χ0n) is 12.7. The Kier molecular flexibility index (Phi) is 3.64. The Bertz CT molecular complexity index is 682. The van der Waals surface area contributed by atoms with Crippen LogP contribution in [-0.4, -0.2) is 18.6 Å². The highest BCUT2D eigenvalue weighted by molar-refractivity contribution is 5.70. The average molecular weight is 285 g/mol. The van der Waals surface area contributed by atoms with Gasteiger partial charge in [0.15, 0.2) is 0 Å². The zero-order chi connectivity index (χ0) is 15.0. The molecule has 1 aliphatic rings. The van der Waals surface area contributed by atoms with Crippen LogP contribution in [0, 0.1) is 19.7 Å². The molecule has 0 atom stereocenters. The van der Waals surface area contributed by atoms with Crippen molar-refractivity contribution in [3.8, 4) is 0 Å². The van der Waals surface area contributed by atoms with Gasteiger partial charge in [-0.05, 0) is 56.6 Å². The third-order valence-corrected chi connectivity index (χ3v) is 4.01. The van der Waals surface area contributed by atoms with E-state index < -0.39 is 0 Å². The second-order valence-corrected chi connectivity index (χ2v) is 5.59. The highest BCUT2D eigenvalue weighted by Gasteiger charge is 2.24. The Morgan fingerprint density at radius 2 is 2.10 bits per heavy atom. The lowest BCUT2D eigenvalue weighted by Gasteiger charge is -2.23. The van der Waals surface area contributed by atoms with Crippen molar-refractivity contribution in [2.24, 2.45) is 0 Å². The number of fused-ring (bicyclic) bond motifs is 1. The van der Waals surface area contributed by atoms with E-state index in [0.717, 1.165) is 36.7 Å². The standard InChI is InChI=1S/C17H20FN3/c1-11-8-12(2)20-17(15(11)10-19-3)21-7-6-13-4-5-14(18)9-16(13)21/h4-5,8-9,19H,6-7,10H2,1-3H3. The Balaban J connectivity index is 2.12. The van der Waals surface area contributed by atoms with E-state index in [9.17, 15) is 4.39 Å². The molecule has 110 valence electrons. The van der Waals surface area contributed by atoms with Crippen LogP contribution in [0.2, 0.25) is 0 Å². The first-order valence-corrected chi connectivity index (χ1v) is 7.28. The van der Waals surface area contributed by atoms with Gasteiger partial charge in [0.1, 0.15) is 11.6 Å². The summed E-state index contributed by atoms with van der Waals surface area (Å²) in [6.45, 7) is 5.72. The highest BCUT2D eigenvalue weighted by atomic mass is 19.1. The molecule has 3 nitrogen and oxygen atoms in total. The van der Waals surface area contributed by atoms with Crippen molar-refractivity contribution >= 4 is 11.5 Å². The molecule has 1 aliphatic heterocycles. The SMILES string of the molecule is CNCc1c(C)cc(C)nc1N1CCc2ccc(F)cc21. The van der Waals surface area contributed by atoms with Crippen LogP contribution in [0.1, 0.15) is 22.4 Å². The molecule has 2 heterocycles. The smallest absolute Gasteiger partial charge is 0.138 e. The number of nitrogens with one attached hydrogen (secondary N) is 1. The normalized spacial score (nSPS) is 13.6. The fraction of sp³-hybridized carbons (Fsp3) is 0.353. The number of pyridine rings is 1. The summed E-state index contributed by atoms with van der Waals surface area (Å²) in [5, 5.41) is 3.20. The number of aromatic nitrogens is 1. The molecule has 0 aliphatic carbocycles. The predicted molar refractivity (Wildman–Crippen MR) is 83.6 cm³/mol. The average Bonchev–Trinajstić information content (AvgIpc) is 2.84. The van der Waals surface area contributed by atoms with Gasteiger partial charge < -0.3 is 10.2 Å². The molecule has 0 saturated heterocycles. The summed E-state index contributed by atoms with van der Waals surface area (Å²) in [4.78, 5) is 6.87. The number of rotatable bonds is 3. The van der Waals surface area contributed by atoms with Gasteiger partial charge in [0, 0.05) is 30.0 Å². The van der Waals surface area contributed by atoms with Gasteiger partial charge in [-0.1, -0.05) is 6.07 Å². The first kappa shape index (κ1) is 14.0. The maximum absolute atomic E-state index is 13.6. The summed E-state index contributed by atoms with van der Waals surface area (Å²) >= 11 is 0. The van der Waals surface area contributed by atoms with Gasteiger partial charge in [0.05, 0.1) is 0 Å². The fourth-order valence-corrected chi connectivity index (χ4v) is 3.03. The van der Waals surface area contributed by atoms with Gasteiger partial charge in [-0.25, -0.2) is 9.37 Å². The van der Waals surface area contributed by atoms with Crippen molar-refractivity contribution in [2.45, 2.75) is 26.8 Å². The molecule has 1 N–H and O–H groups in total. The monoisotopic (exact) mass is 285 g/mol. The first-order chi connectivity index (χ1) is 10.1. The molecule has 1 aromatic carbocycles. The Hall–Kier alpha value is -1.94. The molecular formula is C17H20FN3. The summed E-state index contributed by atoms with van der Waals surface area (Å²) in [7, 11) is 1.93. The van der Waals surface area contributed by atoms with Crippen LogP contribution in [0.3, 0.4) is 0 Å². The maximum atomic E-state index is 13.6. The van der Waals surface area contributed by atoms with Crippen LogP contribution in [0.5, 0.6) is 0 Å². The van der Waals surface area contributed by atoms with E-state index in [1.54, 1.807) is 6.07 Å². The van der Waals surface area contributed by atoms with Gasteiger partial charge in [0.25, 0.3) is 0 Å². The van der Waals surface area contributed by atoms with Crippen LogP contribution in [-0.2, 0) is 13.0 Å². The minimum Gasteiger partial charge on any atom is -0.325 e. The Morgan fingerprint density at radius 1 is 1.29 bits per heavy atom. The summed E-state index contributed by atoms with van der Waals surface area (Å²) in [6, 6.07) is 7.13. The molecular weight excluding hydrogens is 265 g/mol. The summed E-state index contributed by atoms with van der Waals surface area (Å²) < 4.78 is 13.6. The van der Waals surface area contributed by atoms with E-state index in [1.807, 2.05) is 20.0 Å². The topological polar surface area (TPSA) is 28.2 Å². The molecule has 0 fully saturated rings. The molecule has 3 rings (SSSR count). The van der Waals surface area contributed by atoms with Gasteiger partial charge >= 0.3 is 0 Å². The minimum atomic E-state index is -0.194. The third-order valence-electron chi connectivity index (χ3n) is 4.01. The van der Waals surface area contributed by atoms with Crippen molar-refractivity contribution in [3.05, 3.63) is 52.5 Å². The van der Waals surface area contributed by atoms with Crippen molar-refractivity contribution in [3.63, 3.8) is 0 Å². The van der Waals surface area contributed by atoms with Crippen LogP contribution >= 0.6 is 0 Å². The second kappa shape index (κ2) is 5.45. The summed E-state index contributed by atoms with van der Waals surface area (Å²) in [5.74, 6) is 0.756. The summed E-state index contributed by atoms with van der Waals surface area (Å²) in [5.41, 5.74) is 5.53. The number of aryl methyl sites for hydroxylation is 2. The van der Waals surface area contributed by atoms with Gasteiger partial charge in [-0.2, -0.15) is 0 Å². The molecule has 1 aromatic heterocycles. The van der Waals surface area contributed by atoms with Gasteiger partial charge in [-0.3, -0.25) is 0 Å². The lowest BCUT2D eigenvalue weighted by molar-refractivity contribution is 0.628. The molecule has 0 saturated carbocycles. The van der Waals surface area contributed by atoms with Crippen molar-refractivity contribution in [2.75, 3.05) is 18.5 Å². The number of hydrogen-bond donors (Lipinski definition) is 1. The van der Waals surface area contributed by atoms with Crippen LogP contribution in [0.15, 0.2) is 24.3 Å². The van der Waals surface area contributed by atoms with E-state index in [0.29, 0.717) is 0 Å². The number of anilines is 2. The molecule has 0 bridgehead atoms. The second-order valence-electron chi connectivity index (χ2n) is 5.59. The van der Waals surface area contributed by atoms with Crippen LogP contribution in [0.25, 0.3) is 0 Å². The van der Waals surface area contributed by atoms with E-state index in [2.05, 4.69) is 23.2 Å². The molecule has 4 heteroatoms. The highest BCUT2D eigenvalue weighted by Crippen LogP contribution is 2.36. The van der Waals surface area contributed by atoms with E-state index in [1.165, 1.54) is 22.8 Å². The fourth-order valence-electron chi connectivity index (χ4n) is 3.03. The number of halogens is 1. The van der Waals surface area contributed by atoms with Gasteiger partial charge in [-0.15, -0.1) is 0 Å². The molecule has 0 spiro atoms. The maximum Gasteiger partial charge on any atom is 0.138 e. The Morgan fingerprint density at radius 3 is 2.86 bits per heavy atom. The Labute approximate surface area is 124 Å². The lowest BCUT2D eigenvalue weighted by Crippen LogP contribution is -2.20. The lowest BCUT2D eigenvalue weighted by atomic mass is 10.1. The zero-order valence-corrected chi connectivity index (χ0v) is 12.7. The van der Waals surface area contributed by atoms with Gasteiger partial charge in [0.2, 0.25) is 0 Å². The van der Waals surface area contributed by atoms with E-state index in [-0.39, 0.29) is 5.82 Å². The predicted octanol–water partition coefficient (Wildman–Crippen LogP) is 3.25. The molecule has 21 heavy (non-hydrogen) atoms. The number of hydrogen-bond acceptors (Lipinski definition) is 3. The largest absolute Gasteiger partial charge is 0.325 e. The first-order valence-electron chi connectivity index (χ1n) is 7.28. The molecule has 0 unspecified atom stereocenters. The van der Waals surface area contributed by atoms with Crippen LogP contribution in [0.4, 0.5) is 15.9 Å². The van der Waals surface area contributed by atoms with E-state index >= 15 is 0 Å². The third kappa shape index (κ3) is 2.51. The van der Waals surface area contributed by atoms with Crippen molar-refractivity contribution in [1.29, 1.82) is 0 Å².